The first-order chi connectivity index (χ1) is 14.1. The Morgan fingerprint density at radius 3 is 2.33 bits per heavy atom. The maximum absolute atomic E-state index is 12.4. The molecule has 0 spiro atoms. The molecule has 1 N–H and O–H groups in total. The number of rotatable bonds is 6. The highest BCUT2D eigenvalue weighted by molar-refractivity contribution is 7.92. The lowest BCUT2D eigenvalue weighted by atomic mass is 10.1. The van der Waals surface area contributed by atoms with Gasteiger partial charge in [0.05, 0.1) is 17.7 Å². The van der Waals surface area contributed by atoms with Gasteiger partial charge in [-0.1, -0.05) is 6.07 Å². The van der Waals surface area contributed by atoms with E-state index < -0.39 is 15.9 Å². The molecule has 0 aromatic heterocycles. The van der Waals surface area contributed by atoms with Gasteiger partial charge in [0, 0.05) is 5.56 Å². The molecule has 1 amide bonds. The SMILES string of the molecule is C/C(=N/NC(=O)CN(c1cc(C)cc(C)c1)S(C)(=O)=O)c1ccc2c(c1)OCCO2. The van der Waals surface area contributed by atoms with E-state index in [1.54, 1.807) is 31.2 Å². The summed E-state index contributed by atoms with van der Waals surface area (Å²) in [5.74, 6) is 0.744. The number of nitrogens with zero attached hydrogens (tertiary/aromatic N) is 2. The van der Waals surface area contributed by atoms with Gasteiger partial charge in [0.2, 0.25) is 10.0 Å². The third-order valence-electron chi connectivity index (χ3n) is 4.49. The minimum atomic E-state index is -3.65. The number of hydrogen-bond acceptors (Lipinski definition) is 6. The molecule has 160 valence electrons. The fraction of sp³-hybridized carbons (Fsp3) is 0.333. The zero-order valence-electron chi connectivity index (χ0n) is 17.4. The van der Waals surface area contributed by atoms with E-state index >= 15 is 0 Å². The first-order valence-corrected chi connectivity index (χ1v) is 11.3. The van der Waals surface area contributed by atoms with E-state index in [4.69, 9.17) is 9.47 Å². The van der Waals surface area contributed by atoms with Gasteiger partial charge < -0.3 is 9.47 Å². The van der Waals surface area contributed by atoms with E-state index in [9.17, 15) is 13.2 Å². The predicted octanol–water partition coefficient (Wildman–Crippen LogP) is 2.38. The number of anilines is 1. The van der Waals surface area contributed by atoms with Crippen molar-refractivity contribution in [2.45, 2.75) is 20.8 Å². The Balaban J connectivity index is 1.74. The Morgan fingerprint density at radius 1 is 1.07 bits per heavy atom. The Bertz CT molecular complexity index is 1080. The van der Waals surface area contributed by atoms with Gasteiger partial charge in [-0.2, -0.15) is 5.10 Å². The van der Waals surface area contributed by atoms with Crippen LogP contribution in [0.1, 0.15) is 23.6 Å². The second-order valence-corrected chi connectivity index (χ2v) is 9.11. The van der Waals surface area contributed by atoms with Crippen LogP contribution in [0.5, 0.6) is 11.5 Å². The Hall–Kier alpha value is -3.07. The molecule has 1 heterocycles. The van der Waals surface area contributed by atoms with Gasteiger partial charge in [-0.3, -0.25) is 9.10 Å². The van der Waals surface area contributed by atoms with E-state index in [1.165, 1.54) is 0 Å². The summed E-state index contributed by atoms with van der Waals surface area (Å²) in [6, 6.07) is 10.8. The predicted molar refractivity (Wildman–Crippen MR) is 116 cm³/mol. The van der Waals surface area contributed by atoms with Crippen LogP contribution in [-0.2, 0) is 14.8 Å². The van der Waals surface area contributed by atoms with Crippen molar-refractivity contribution in [3.8, 4) is 11.5 Å². The standard InChI is InChI=1S/C21H25N3O5S/c1-14-9-15(2)11-18(10-14)24(30(4,26)27)13-21(25)23-22-16(3)17-5-6-19-20(12-17)29-8-7-28-19/h5-6,9-12H,7-8,13H2,1-4H3,(H,23,25)/b22-16-. The van der Waals surface area contributed by atoms with Crippen LogP contribution < -0.4 is 19.2 Å². The number of amides is 1. The highest BCUT2D eigenvalue weighted by Gasteiger charge is 2.21. The summed E-state index contributed by atoms with van der Waals surface area (Å²) in [4.78, 5) is 12.4. The molecule has 8 nitrogen and oxygen atoms in total. The lowest BCUT2D eigenvalue weighted by molar-refractivity contribution is -0.119. The highest BCUT2D eigenvalue weighted by Crippen LogP contribution is 2.30. The molecular weight excluding hydrogens is 406 g/mol. The number of carbonyl (C=O) groups excluding carboxylic acids is 1. The molecular formula is C21H25N3O5S. The molecule has 0 atom stereocenters. The molecule has 9 heteroatoms. The fourth-order valence-corrected chi connectivity index (χ4v) is 3.98. The van der Waals surface area contributed by atoms with Crippen LogP contribution in [0.4, 0.5) is 5.69 Å². The van der Waals surface area contributed by atoms with Crippen molar-refractivity contribution in [1.29, 1.82) is 0 Å². The van der Waals surface area contributed by atoms with E-state index in [2.05, 4.69) is 10.5 Å². The van der Waals surface area contributed by atoms with Gasteiger partial charge in [0.15, 0.2) is 11.5 Å². The minimum absolute atomic E-state index is 0.375. The molecule has 2 aromatic rings. The molecule has 0 unspecified atom stereocenters. The van der Waals surface area contributed by atoms with Crippen molar-refractivity contribution in [3.63, 3.8) is 0 Å². The van der Waals surface area contributed by atoms with Crippen molar-refractivity contribution < 1.29 is 22.7 Å². The Kier molecular flexibility index (Phi) is 6.31. The number of aryl methyl sites for hydroxylation is 2. The van der Waals surface area contributed by atoms with E-state index in [0.29, 0.717) is 36.1 Å². The second kappa shape index (κ2) is 8.74. The Morgan fingerprint density at radius 2 is 1.70 bits per heavy atom. The van der Waals surface area contributed by atoms with Gasteiger partial charge in [-0.15, -0.1) is 0 Å². The van der Waals surface area contributed by atoms with Crippen LogP contribution in [0.25, 0.3) is 0 Å². The van der Waals surface area contributed by atoms with Crippen LogP contribution in [0.3, 0.4) is 0 Å². The zero-order valence-corrected chi connectivity index (χ0v) is 18.2. The van der Waals surface area contributed by atoms with Gasteiger partial charge >= 0.3 is 0 Å². The average Bonchev–Trinajstić information content (AvgIpc) is 2.68. The molecule has 2 aromatic carbocycles. The molecule has 0 saturated carbocycles. The topological polar surface area (TPSA) is 97.3 Å². The first kappa shape index (κ1) is 21.6. The van der Waals surface area contributed by atoms with Crippen LogP contribution in [-0.4, -0.2) is 46.1 Å². The average molecular weight is 432 g/mol. The van der Waals surface area contributed by atoms with Crippen molar-refractivity contribution in [3.05, 3.63) is 53.1 Å². The van der Waals surface area contributed by atoms with Gasteiger partial charge in [0.25, 0.3) is 5.91 Å². The Labute approximate surface area is 176 Å². The lowest BCUT2D eigenvalue weighted by Gasteiger charge is -2.22. The van der Waals surface area contributed by atoms with Crippen LogP contribution in [0.2, 0.25) is 0 Å². The van der Waals surface area contributed by atoms with E-state index in [-0.39, 0.29) is 6.54 Å². The summed E-state index contributed by atoms with van der Waals surface area (Å²) in [7, 11) is -3.65. The fourth-order valence-electron chi connectivity index (χ4n) is 3.14. The van der Waals surface area contributed by atoms with Crippen molar-refractivity contribution in [1.82, 2.24) is 5.43 Å². The van der Waals surface area contributed by atoms with E-state index in [1.807, 2.05) is 26.0 Å². The lowest BCUT2D eigenvalue weighted by Crippen LogP contribution is -2.39. The molecule has 0 radical (unpaired) electrons. The minimum Gasteiger partial charge on any atom is -0.486 e. The number of hydrogen-bond donors (Lipinski definition) is 1. The van der Waals surface area contributed by atoms with E-state index in [0.717, 1.165) is 27.3 Å². The monoisotopic (exact) mass is 431 g/mol. The summed E-state index contributed by atoms with van der Waals surface area (Å²) >= 11 is 0. The number of ether oxygens (including phenoxy) is 2. The molecule has 3 rings (SSSR count). The smallest absolute Gasteiger partial charge is 0.260 e. The number of hydrazone groups is 1. The zero-order chi connectivity index (χ0) is 21.9. The maximum Gasteiger partial charge on any atom is 0.260 e. The number of benzene rings is 2. The number of sulfonamides is 1. The quantitative estimate of drug-likeness (QED) is 0.559. The molecule has 1 aliphatic heterocycles. The summed E-state index contributed by atoms with van der Waals surface area (Å²) in [5, 5.41) is 4.11. The summed E-state index contributed by atoms with van der Waals surface area (Å²) in [5.41, 5.74) is 6.00. The molecule has 0 bridgehead atoms. The summed E-state index contributed by atoms with van der Waals surface area (Å²) in [6.45, 7) is 6.09. The molecule has 30 heavy (non-hydrogen) atoms. The second-order valence-electron chi connectivity index (χ2n) is 7.21. The molecule has 0 fully saturated rings. The van der Waals surface area contributed by atoms with Crippen molar-refractivity contribution in [2.24, 2.45) is 5.10 Å². The van der Waals surface area contributed by atoms with Gasteiger partial charge in [0.1, 0.15) is 19.8 Å². The molecule has 1 aliphatic rings. The highest BCUT2D eigenvalue weighted by atomic mass is 32.2. The van der Waals surface area contributed by atoms with Crippen molar-refractivity contribution >= 4 is 27.3 Å². The van der Waals surface area contributed by atoms with Crippen LogP contribution >= 0.6 is 0 Å². The van der Waals surface area contributed by atoms with Crippen LogP contribution in [0.15, 0.2) is 41.5 Å². The molecule has 0 saturated heterocycles. The number of nitrogens with one attached hydrogen (secondary N) is 1. The third-order valence-corrected chi connectivity index (χ3v) is 5.63. The normalized spacial score (nSPS) is 13.7. The largest absolute Gasteiger partial charge is 0.486 e. The van der Waals surface area contributed by atoms with Gasteiger partial charge in [-0.25, -0.2) is 13.8 Å². The molecule has 0 aliphatic carbocycles. The van der Waals surface area contributed by atoms with Crippen molar-refractivity contribution in [2.75, 3.05) is 30.3 Å². The third kappa shape index (κ3) is 5.29. The number of fused-ring (bicyclic) bond motifs is 1. The van der Waals surface area contributed by atoms with Gasteiger partial charge in [-0.05, 0) is 62.2 Å². The van der Waals surface area contributed by atoms with Crippen LogP contribution in [0, 0.1) is 13.8 Å². The summed E-state index contributed by atoms with van der Waals surface area (Å²) < 4.78 is 36.7. The maximum atomic E-state index is 12.4. The number of carbonyl (C=O) groups is 1. The summed E-state index contributed by atoms with van der Waals surface area (Å²) in [6.07, 6.45) is 1.07. The first-order valence-electron chi connectivity index (χ1n) is 9.42.